The highest BCUT2D eigenvalue weighted by Gasteiger charge is 2.16. The summed E-state index contributed by atoms with van der Waals surface area (Å²) in [5, 5.41) is 0.384. The molecule has 0 spiro atoms. The van der Waals surface area contributed by atoms with Crippen molar-refractivity contribution in [3.63, 3.8) is 0 Å². The van der Waals surface area contributed by atoms with Crippen LogP contribution in [0, 0.1) is 11.8 Å². The van der Waals surface area contributed by atoms with E-state index in [0.29, 0.717) is 17.2 Å². The van der Waals surface area contributed by atoms with Gasteiger partial charge in [0.1, 0.15) is 0 Å². The lowest BCUT2D eigenvalue weighted by Crippen LogP contribution is -2.16. The predicted octanol–water partition coefficient (Wildman–Crippen LogP) is 4.08. The highest BCUT2D eigenvalue weighted by atomic mass is 35.5. The van der Waals surface area contributed by atoms with Crippen LogP contribution in [0.5, 0.6) is 0 Å². The second-order valence-corrected chi connectivity index (χ2v) is 4.32. The van der Waals surface area contributed by atoms with Crippen LogP contribution >= 0.6 is 11.6 Å². The number of halogens is 1. The van der Waals surface area contributed by atoms with Crippen molar-refractivity contribution in [1.29, 1.82) is 0 Å². The molecule has 1 heteroatoms. The molecule has 0 aliphatic heterocycles. The summed E-state index contributed by atoms with van der Waals surface area (Å²) in [7, 11) is 0. The molecule has 0 aromatic carbocycles. The van der Waals surface area contributed by atoms with Gasteiger partial charge in [-0.15, -0.1) is 11.6 Å². The molecule has 2 atom stereocenters. The molecule has 0 heterocycles. The molecular weight excluding hydrogens is 156 g/mol. The molecular formula is C10H21Cl. The molecule has 0 N–H and O–H groups in total. The molecule has 0 saturated heterocycles. The summed E-state index contributed by atoms with van der Waals surface area (Å²) >= 11 is 6.21. The van der Waals surface area contributed by atoms with Crippen LogP contribution in [0.2, 0.25) is 0 Å². The Morgan fingerprint density at radius 1 is 1.18 bits per heavy atom. The third kappa shape index (κ3) is 4.68. The highest BCUT2D eigenvalue weighted by molar-refractivity contribution is 6.20. The van der Waals surface area contributed by atoms with Gasteiger partial charge in [0.15, 0.2) is 0 Å². The van der Waals surface area contributed by atoms with Crippen LogP contribution < -0.4 is 0 Å². The van der Waals surface area contributed by atoms with E-state index >= 15 is 0 Å². The summed E-state index contributed by atoms with van der Waals surface area (Å²) in [6.07, 6.45) is 3.71. The predicted molar refractivity (Wildman–Crippen MR) is 53.2 cm³/mol. The van der Waals surface area contributed by atoms with Gasteiger partial charge in [-0.3, -0.25) is 0 Å². The number of alkyl halides is 1. The maximum atomic E-state index is 6.21. The summed E-state index contributed by atoms with van der Waals surface area (Å²) in [5.41, 5.74) is 0. The minimum atomic E-state index is 0.384. The zero-order valence-corrected chi connectivity index (χ0v) is 8.99. The van der Waals surface area contributed by atoms with E-state index in [9.17, 15) is 0 Å². The van der Waals surface area contributed by atoms with Crippen molar-refractivity contribution in [1.82, 2.24) is 0 Å². The van der Waals surface area contributed by atoms with Crippen LogP contribution in [0.4, 0.5) is 0 Å². The van der Waals surface area contributed by atoms with Gasteiger partial charge in [-0.1, -0.05) is 40.5 Å². The van der Waals surface area contributed by atoms with Gasteiger partial charge in [-0.05, 0) is 18.3 Å². The molecule has 0 fully saturated rings. The molecule has 0 aliphatic rings. The van der Waals surface area contributed by atoms with Crippen molar-refractivity contribution in [2.75, 3.05) is 0 Å². The van der Waals surface area contributed by atoms with Crippen LogP contribution in [-0.4, -0.2) is 5.38 Å². The molecule has 68 valence electrons. The number of hydrogen-bond donors (Lipinski definition) is 0. The van der Waals surface area contributed by atoms with Gasteiger partial charge >= 0.3 is 0 Å². The average molecular weight is 177 g/mol. The second kappa shape index (κ2) is 5.88. The number of rotatable bonds is 5. The molecule has 0 nitrogen and oxygen atoms in total. The van der Waals surface area contributed by atoms with Crippen molar-refractivity contribution in [2.24, 2.45) is 11.8 Å². The van der Waals surface area contributed by atoms with Gasteiger partial charge < -0.3 is 0 Å². The lowest BCUT2D eigenvalue weighted by Gasteiger charge is -2.21. The fraction of sp³-hybridized carbons (Fsp3) is 1.00. The SMILES string of the molecule is CCCCC(Cl)C(C)C(C)C. The number of hydrogen-bond acceptors (Lipinski definition) is 0. The Balaban J connectivity index is 3.55. The van der Waals surface area contributed by atoms with Crippen molar-refractivity contribution in [3.05, 3.63) is 0 Å². The first kappa shape index (κ1) is 11.3. The zero-order valence-electron chi connectivity index (χ0n) is 8.23. The molecule has 0 bridgehead atoms. The highest BCUT2D eigenvalue weighted by Crippen LogP contribution is 2.23. The van der Waals surface area contributed by atoms with Crippen LogP contribution in [0.3, 0.4) is 0 Å². The molecule has 2 unspecified atom stereocenters. The van der Waals surface area contributed by atoms with Gasteiger partial charge in [-0.25, -0.2) is 0 Å². The fourth-order valence-electron chi connectivity index (χ4n) is 1.08. The summed E-state index contributed by atoms with van der Waals surface area (Å²) in [5.74, 6) is 1.37. The Kier molecular flexibility index (Phi) is 6.03. The largest absolute Gasteiger partial charge is 0.123 e. The van der Waals surface area contributed by atoms with Crippen molar-refractivity contribution in [3.8, 4) is 0 Å². The smallest absolute Gasteiger partial charge is 0.0364 e. The van der Waals surface area contributed by atoms with E-state index < -0.39 is 0 Å². The standard InChI is InChI=1S/C10H21Cl/c1-5-6-7-10(11)9(4)8(2)3/h8-10H,5-7H2,1-4H3. The third-order valence-corrected chi connectivity index (χ3v) is 3.07. The molecule has 0 saturated carbocycles. The van der Waals surface area contributed by atoms with E-state index in [4.69, 9.17) is 11.6 Å². The van der Waals surface area contributed by atoms with Gasteiger partial charge in [-0.2, -0.15) is 0 Å². The molecule has 0 radical (unpaired) electrons. The normalized spacial score (nSPS) is 16.9. The van der Waals surface area contributed by atoms with E-state index in [1.165, 1.54) is 19.3 Å². The van der Waals surface area contributed by atoms with Crippen molar-refractivity contribution >= 4 is 11.6 Å². The quantitative estimate of drug-likeness (QED) is 0.554. The first-order valence-electron chi connectivity index (χ1n) is 4.73. The Bertz CT molecular complexity index is 88.9. The van der Waals surface area contributed by atoms with Crippen molar-refractivity contribution < 1.29 is 0 Å². The summed E-state index contributed by atoms with van der Waals surface area (Å²) < 4.78 is 0. The second-order valence-electron chi connectivity index (χ2n) is 3.76. The van der Waals surface area contributed by atoms with E-state index in [1.54, 1.807) is 0 Å². The Morgan fingerprint density at radius 3 is 2.09 bits per heavy atom. The zero-order chi connectivity index (χ0) is 8.85. The molecule has 0 amide bonds. The molecule has 0 aromatic rings. The van der Waals surface area contributed by atoms with E-state index in [0.717, 1.165) is 0 Å². The fourth-order valence-corrected chi connectivity index (χ4v) is 1.52. The topological polar surface area (TPSA) is 0 Å². The summed E-state index contributed by atoms with van der Waals surface area (Å²) in [6.45, 7) is 8.94. The van der Waals surface area contributed by atoms with Gasteiger partial charge in [0.2, 0.25) is 0 Å². The van der Waals surface area contributed by atoms with E-state index in [-0.39, 0.29) is 0 Å². The maximum Gasteiger partial charge on any atom is 0.0364 e. The van der Waals surface area contributed by atoms with Crippen molar-refractivity contribution in [2.45, 2.75) is 52.3 Å². The first-order chi connectivity index (χ1) is 5.09. The van der Waals surface area contributed by atoms with Crippen LogP contribution in [0.1, 0.15) is 47.0 Å². The van der Waals surface area contributed by atoms with Gasteiger partial charge in [0.25, 0.3) is 0 Å². The molecule has 0 aromatic heterocycles. The van der Waals surface area contributed by atoms with Crippen LogP contribution in [0.15, 0.2) is 0 Å². The van der Waals surface area contributed by atoms with Crippen LogP contribution in [0.25, 0.3) is 0 Å². The summed E-state index contributed by atoms with van der Waals surface area (Å²) in [6, 6.07) is 0. The van der Waals surface area contributed by atoms with Gasteiger partial charge in [0, 0.05) is 5.38 Å². The Morgan fingerprint density at radius 2 is 1.73 bits per heavy atom. The lowest BCUT2D eigenvalue weighted by molar-refractivity contribution is 0.384. The lowest BCUT2D eigenvalue weighted by atomic mass is 9.92. The third-order valence-electron chi connectivity index (χ3n) is 2.46. The first-order valence-corrected chi connectivity index (χ1v) is 5.17. The summed E-state index contributed by atoms with van der Waals surface area (Å²) in [4.78, 5) is 0. The van der Waals surface area contributed by atoms with Gasteiger partial charge in [0.05, 0.1) is 0 Å². The molecule has 11 heavy (non-hydrogen) atoms. The number of unbranched alkanes of at least 4 members (excludes halogenated alkanes) is 1. The van der Waals surface area contributed by atoms with Crippen LogP contribution in [-0.2, 0) is 0 Å². The van der Waals surface area contributed by atoms with E-state index in [1.807, 2.05) is 0 Å². The average Bonchev–Trinajstić information content (AvgIpc) is 1.98. The monoisotopic (exact) mass is 176 g/mol. The van der Waals surface area contributed by atoms with E-state index in [2.05, 4.69) is 27.7 Å². The minimum Gasteiger partial charge on any atom is -0.123 e. The minimum absolute atomic E-state index is 0.384. The molecule has 0 aliphatic carbocycles. The Hall–Kier alpha value is 0.290. The maximum absolute atomic E-state index is 6.21. The Labute approximate surface area is 76.3 Å². The molecule has 0 rings (SSSR count).